The number of hydrogen-bond acceptors (Lipinski definition) is 4. The van der Waals surface area contributed by atoms with E-state index >= 15 is 0 Å². The van der Waals surface area contributed by atoms with Gasteiger partial charge in [0, 0.05) is 17.9 Å². The minimum Gasteiger partial charge on any atom is -0.480 e. The van der Waals surface area contributed by atoms with Gasteiger partial charge in [0.25, 0.3) is 5.91 Å². The first-order chi connectivity index (χ1) is 11.1. The topological polar surface area (TPSA) is 77.9 Å². The third kappa shape index (κ3) is 2.06. The molecule has 23 heavy (non-hydrogen) atoms. The van der Waals surface area contributed by atoms with E-state index in [-0.39, 0.29) is 17.2 Å². The van der Waals surface area contributed by atoms with Gasteiger partial charge in [-0.2, -0.15) is 0 Å². The van der Waals surface area contributed by atoms with Gasteiger partial charge < -0.3 is 14.9 Å². The van der Waals surface area contributed by atoms with Crippen LogP contribution in [0, 0.1) is 0 Å². The van der Waals surface area contributed by atoms with Gasteiger partial charge in [-0.1, -0.05) is 18.2 Å². The molecule has 1 N–H and O–H groups in total. The molecule has 120 valence electrons. The zero-order valence-corrected chi connectivity index (χ0v) is 13.2. The average molecular weight is 332 g/mol. The molecule has 3 aliphatic heterocycles. The third-order valence-corrected chi connectivity index (χ3v) is 6.10. The number of amides is 2. The Morgan fingerprint density at radius 1 is 1.22 bits per heavy atom. The van der Waals surface area contributed by atoms with E-state index in [1.54, 1.807) is 22.7 Å². The number of rotatable bonds is 2. The third-order valence-electron chi connectivity index (χ3n) is 4.80. The summed E-state index contributed by atoms with van der Waals surface area (Å²) in [5, 5.41) is 9.15. The standard InChI is InChI=1S/C16H16N2O4S/c19-13-9-4-1-2-5-10(9)15-18(13)12(8-23-15)14(20)17-7-3-6-11(17)16(21)22/h1-2,4-5,11-12,15H,3,6-8H2,(H,21,22)/t11-,12+,15?/m0/s1. The molecular weight excluding hydrogens is 316 g/mol. The molecule has 2 amide bonds. The molecule has 6 nitrogen and oxygen atoms in total. The van der Waals surface area contributed by atoms with Crippen molar-refractivity contribution in [2.24, 2.45) is 0 Å². The van der Waals surface area contributed by atoms with Crippen molar-refractivity contribution in [3.8, 4) is 0 Å². The van der Waals surface area contributed by atoms with E-state index in [1.807, 2.05) is 18.2 Å². The van der Waals surface area contributed by atoms with Crippen LogP contribution < -0.4 is 0 Å². The highest BCUT2D eigenvalue weighted by Crippen LogP contribution is 2.48. The molecule has 1 aromatic rings. The molecule has 3 aliphatic rings. The van der Waals surface area contributed by atoms with Gasteiger partial charge in [-0.05, 0) is 24.5 Å². The second-order valence-corrected chi connectivity index (χ2v) is 7.14. The van der Waals surface area contributed by atoms with Crippen molar-refractivity contribution in [2.75, 3.05) is 12.3 Å². The lowest BCUT2D eigenvalue weighted by Gasteiger charge is -2.29. The Morgan fingerprint density at radius 3 is 2.78 bits per heavy atom. The number of likely N-dealkylation sites (tertiary alicyclic amines) is 1. The second kappa shape index (κ2) is 5.26. The van der Waals surface area contributed by atoms with Gasteiger partial charge in [-0.15, -0.1) is 11.8 Å². The number of carboxylic acid groups (broad SMARTS) is 1. The highest BCUT2D eigenvalue weighted by Gasteiger charge is 2.50. The van der Waals surface area contributed by atoms with E-state index in [2.05, 4.69) is 0 Å². The maximum absolute atomic E-state index is 12.9. The lowest BCUT2D eigenvalue weighted by Crippen LogP contribution is -2.51. The van der Waals surface area contributed by atoms with Crippen molar-refractivity contribution >= 4 is 29.5 Å². The van der Waals surface area contributed by atoms with Crippen LogP contribution in [0.4, 0.5) is 0 Å². The molecule has 0 radical (unpaired) electrons. The Balaban J connectivity index is 1.62. The Kier molecular flexibility index (Phi) is 3.33. The predicted octanol–water partition coefficient (Wildman–Crippen LogP) is 1.33. The Hall–Kier alpha value is -2.02. The number of hydrogen-bond donors (Lipinski definition) is 1. The molecule has 0 spiro atoms. The summed E-state index contributed by atoms with van der Waals surface area (Å²) in [6, 6.07) is 6.10. The van der Waals surface area contributed by atoms with Crippen LogP contribution in [0.15, 0.2) is 24.3 Å². The summed E-state index contributed by atoms with van der Waals surface area (Å²) in [5.41, 5.74) is 1.60. The molecule has 0 aromatic heterocycles. The quantitative estimate of drug-likeness (QED) is 0.884. The van der Waals surface area contributed by atoms with Gasteiger partial charge in [0.15, 0.2) is 0 Å². The van der Waals surface area contributed by atoms with Crippen LogP contribution in [0.2, 0.25) is 0 Å². The molecule has 7 heteroatoms. The molecule has 1 aromatic carbocycles. The van der Waals surface area contributed by atoms with Gasteiger partial charge >= 0.3 is 5.97 Å². The summed E-state index contributed by atoms with van der Waals surface area (Å²) in [5.74, 6) is -0.799. The molecule has 0 bridgehead atoms. The van der Waals surface area contributed by atoms with Crippen LogP contribution >= 0.6 is 11.8 Å². The SMILES string of the molecule is O=C(O)[C@@H]1CCCN1C(=O)[C@H]1CSC2c3ccccc3C(=O)N21. The van der Waals surface area contributed by atoms with Gasteiger partial charge in [0.2, 0.25) is 5.91 Å². The van der Waals surface area contributed by atoms with E-state index in [4.69, 9.17) is 0 Å². The lowest BCUT2D eigenvalue weighted by molar-refractivity contribution is -0.149. The average Bonchev–Trinajstić information content (AvgIpc) is 3.24. The van der Waals surface area contributed by atoms with Crippen LogP contribution in [0.1, 0.15) is 34.1 Å². The number of carboxylic acids is 1. The van der Waals surface area contributed by atoms with Gasteiger partial charge in [-0.3, -0.25) is 9.59 Å². The van der Waals surface area contributed by atoms with E-state index in [9.17, 15) is 19.5 Å². The summed E-state index contributed by atoms with van der Waals surface area (Å²) in [4.78, 5) is 39.9. The lowest BCUT2D eigenvalue weighted by atomic mass is 10.1. The number of thioether (sulfide) groups is 1. The summed E-state index contributed by atoms with van der Waals surface area (Å²) in [6.07, 6.45) is 1.18. The van der Waals surface area contributed by atoms with Crippen LogP contribution in [0.3, 0.4) is 0 Å². The minimum absolute atomic E-state index is 0.125. The zero-order chi connectivity index (χ0) is 16.1. The molecular formula is C16H16N2O4S. The van der Waals surface area contributed by atoms with Crippen molar-refractivity contribution < 1.29 is 19.5 Å². The van der Waals surface area contributed by atoms with Crippen molar-refractivity contribution in [2.45, 2.75) is 30.3 Å². The first-order valence-electron chi connectivity index (χ1n) is 7.66. The molecule has 3 atom stereocenters. The fourth-order valence-corrected chi connectivity index (χ4v) is 5.17. The van der Waals surface area contributed by atoms with E-state index in [0.29, 0.717) is 30.7 Å². The predicted molar refractivity (Wildman–Crippen MR) is 84.0 cm³/mol. The van der Waals surface area contributed by atoms with Crippen LogP contribution in [0.5, 0.6) is 0 Å². The smallest absolute Gasteiger partial charge is 0.326 e. The minimum atomic E-state index is -0.964. The first-order valence-corrected chi connectivity index (χ1v) is 8.71. The van der Waals surface area contributed by atoms with Gasteiger partial charge in [0.05, 0.1) is 0 Å². The summed E-state index contributed by atoms with van der Waals surface area (Å²) >= 11 is 1.57. The van der Waals surface area contributed by atoms with Gasteiger partial charge in [0.1, 0.15) is 17.5 Å². The number of carbonyl (C=O) groups excluding carboxylic acids is 2. The maximum atomic E-state index is 12.9. The number of nitrogens with zero attached hydrogens (tertiary/aromatic N) is 2. The number of fused-ring (bicyclic) bond motifs is 3. The molecule has 4 rings (SSSR count). The summed E-state index contributed by atoms with van der Waals surface area (Å²) in [7, 11) is 0. The maximum Gasteiger partial charge on any atom is 0.326 e. The Bertz CT molecular complexity index is 707. The first kappa shape index (κ1) is 14.6. The van der Waals surface area contributed by atoms with E-state index in [1.165, 1.54) is 4.90 Å². The zero-order valence-electron chi connectivity index (χ0n) is 12.3. The van der Waals surface area contributed by atoms with Crippen LogP contribution in [-0.4, -0.2) is 57.1 Å². The fraction of sp³-hybridized carbons (Fsp3) is 0.438. The monoisotopic (exact) mass is 332 g/mol. The second-order valence-electron chi connectivity index (χ2n) is 6.03. The molecule has 1 unspecified atom stereocenters. The molecule has 2 fully saturated rings. The fourth-order valence-electron chi connectivity index (χ4n) is 3.71. The van der Waals surface area contributed by atoms with E-state index in [0.717, 1.165) is 5.56 Å². The molecule has 3 heterocycles. The normalized spacial score (nSPS) is 28.9. The van der Waals surface area contributed by atoms with E-state index < -0.39 is 18.1 Å². The Labute approximate surface area is 137 Å². The number of benzene rings is 1. The summed E-state index contributed by atoms with van der Waals surface area (Å²) in [6.45, 7) is 0.455. The van der Waals surface area contributed by atoms with Crippen molar-refractivity contribution in [3.63, 3.8) is 0 Å². The van der Waals surface area contributed by atoms with Gasteiger partial charge in [-0.25, -0.2) is 4.79 Å². The van der Waals surface area contributed by atoms with Crippen molar-refractivity contribution in [3.05, 3.63) is 35.4 Å². The summed E-state index contributed by atoms with van der Waals surface area (Å²) < 4.78 is 0. The van der Waals surface area contributed by atoms with Crippen molar-refractivity contribution in [1.29, 1.82) is 0 Å². The number of carbonyl (C=O) groups is 3. The highest BCUT2D eigenvalue weighted by molar-refractivity contribution is 7.99. The van der Waals surface area contributed by atoms with Crippen molar-refractivity contribution in [1.82, 2.24) is 9.80 Å². The highest BCUT2D eigenvalue weighted by atomic mass is 32.2. The number of aliphatic carboxylic acids is 1. The molecule has 2 saturated heterocycles. The molecule has 0 saturated carbocycles. The Morgan fingerprint density at radius 2 is 2.00 bits per heavy atom. The largest absolute Gasteiger partial charge is 0.480 e. The molecule has 0 aliphatic carbocycles. The van der Waals surface area contributed by atoms with Crippen LogP contribution in [-0.2, 0) is 9.59 Å². The van der Waals surface area contributed by atoms with Crippen LogP contribution in [0.25, 0.3) is 0 Å².